The fourth-order valence-electron chi connectivity index (χ4n) is 4.34. The van der Waals surface area contributed by atoms with E-state index in [0.29, 0.717) is 5.82 Å². The van der Waals surface area contributed by atoms with Gasteiger partial charge in [0, 0.05) is 29.6 Å². The Kier molecular flexibility index (Phi) is 5.31. The summed E-state index contributed by atoms with van der Waals surface area (Å²) in [5.74, 6) is 0.948. The molecule has 0 saturated carbocycles. The number of rotatable bonds is 2. The topological polar surface area (TPSA) is 33.1 Å². The predicted octanol–water partition coefficient (Wildman–Crippen LogP) is 5.10. The van der Waals surface area contributed by atoms with Crippen molar-refractivity contribution in [3.05, 3.63) is 40.0 Å². The Hall–Kier alpha value is -1.73. The Bertz CT molecular complexity index is 862. The van der Waals surface area contributed by atoms with Gasteiger partial charge < -0.3 is 10.2 Å². The van der Waals surface area contributed by atoms with Gasteiger partial charge >= 0.3 is 6.18 Å². The summed E-state index contributed by atoms with van der Waals surface area (Å²) in [7, 11) is 2.08. The minimum absolute atomic E-state index is 0.0259. The molecule has 1 atom stereocenters. The second-order valence-electron chi connectivity index (χ2n) is 7.77. The molecule has 0 bridgehead atoms. The number of aromatic nitrogens is 2. The molecule has 0 spiro atoms. The molecule has 1 saturated heterocycles. The van der Waals surface area contributed by atoms with Gasteiger partial charge in [0.1, 0.15) is 5.82 Å². The van der Waals surface area contributed by atoms with Crippen LogP contribution in [0.5, 0.6) is 0 Å². The van der Waals surface area contributed by atoms with E-state index in [1.165, 1.54) is 16.8 Å². The first kappa shape index (κ1) is 19.6. The minimum Gasteiger partial charge on any atom is -0.370 e. The summed E-state index contributed by atoms with van der Waals surface area (Å²) in [4.78, 5) is 2.27. The molecule has 1 unspecified atom stereocenters. The summed E-state index contributed by atoms with van der Waals surface area (Å²) in [6.07, 6.45) is 0.423. The van der Waals surface area contributed by atoms with Gasteiger partial charge in [0.05, 0.1) is 16.9 Å². The number of likely N-dealkylation sites (N-methyl/N-ethyl adjacent to an activating group) is 1. The lowest BCUT2D eigenvalue weighted by molar-refractivity contribution is -0.137. The van der Waals surface area contributed by atoms with Crippen molar-refractivity contribution in [2.45, 2.75) is 44.2 Å². The highest BCUT2D eigenvalue weighted by Gasteiger charge is 2.36. The van der Waals surface area contributed by atoms with Gasteiger partial charge in [-0.1, -0.05) is 11.6 Å². The van der Waals surface area contributed by atoms with Crippen molar-refractivity contribution in [1.29, 1.82) is 0 Å². The third-order valence-corrected chi connectivity index (χ3v) is 5.90. The van der Waals surface area contributed by atoms with Crippen LogP contribution in [0, 0.1) is 0 Å². The monoisotopic (exact) mass is 412 g/mol. The largest absolute Gasteiger partial charge is 0.418 e. The molecule has 3 heterocycles. The number of fused-ring (bicyclic) bond motifs is 1. The molecule has 4 rings (SSSR count). The number of piperidine rings is 1. The average molecular weight is 413 g/mol. The fourth-order valence-corrected chi connectivity index (χ4v) is 4.51. The van der Waals surface area contributed by atoms with Crippen molar-refractivity contribution in [1.82, 2.24) is 14.7 Å². The van der Waals surface area contributed by atoms with Gasteiger partial charge in [-0.2, -0.15) is 18.3 Å². The number of anilines is 1. The average Bonchev–Trinajstić information content (AvgIpc) is 2.82. The van der Waals surface area contributed by atoms with Crippen molar-refractivity contribution >= 4 is 17.4 Å². The molecular weight excluding hydrogens is 389 g/mol. The number of nitrogens with one attached hydrogen (secondary N) is 1. The summed E-state index contributed by atoms with van der Waals surface area (Å²) >= 11 is 5.87. The van der Waals surface area contributed by atoms with Crippen LogP contribution in [0.3, 0.4) is 0 Å². The van der Waals surface area contributed by atoms with Gasteiger partial charge in [-0.15, -0.1) is 0 Å². The molecule has 2 aliphatic rings. The minimum atomic E-state index is -4.50. The van der Waals surface area contributed by atoms with Crippen LogP contribution in [0.15, 0.2) is 18.2 Å². The molecule has 1 aromatic carbocycles. The maximum atomic E-state index is 13.7. The zero-order chi connectivity index (χ0) is 19.9. The molecule has 1 aromatic heterocycles. The van der Waals surface area contributed by atoms with E-state index in [1.807, 2.05) is 0 Å². The Morgan fingerprint density at radius 3 is 2.79 bits per heavy atom. The smallest absolute Gasteiger partial charge is 0.370 e. The Labute approximate surface area is 167 Å². The van der Waals surface area contributed by atoms with Crippen LogP contribution in [0.4, 0.5) is 19.0 Å². The summed E-state index contributed by atoms with van der Waals surface area (Å²) < 4.78 is 42.6. The third kappa shape index (κ3) is 3.74. The number of likely N-dealkylation sites (tertiary alicyclic amines) is 1. The van der Waals surface area contributed by atoms with E-state index in [2.05, 4.69) is 17.3 Å². The van der Waals surface area contributed by atoms with Crippen molar-refractivity contribution < 1.29 is 13.2 Å². The predicted molar refractivity (Wildman–Crippen MR) is 104 cm³/mol. The van der Waals surface area contributed by atoms with Crippen molar-refractivity contribution in [3.8, 4) is 5.69 Å². The van der Waals surface area contributed by atoms with Crippen LogP contribution < -0.4 is 5.32 Å². The standard InChI is InChI=1S/C20H24ClF3N4/c1-27-10-4-5-13(12-27)18-15-6-2-3-9-25-19(15)28(26-18)17-8-7-14(21)11-16(17)20(22,23)24/h7-8,11,13,25H,2-6,9-10,12H2,1H3. The summed E-state index contributed by atoms with van der Waals surface area (Å²) in [6, 6.07) is 3.89. The fraction of sp³-hybridized carbons (Fsp3) is 0.550. The molecule has 1 N–H and O–H groups in total. The first-order valence-electron chi connectivity index (χ1n) is 9.76. The number of alkyl halides is 3. The number of hydrogen-bond donors (Lipinski definition) is 1. The van der Waals surface area contributed by atoms with Crippen LogP contribution in [0.25, 0.3) is 5.69 Å². The van der Waals surface area contributed by atoms with Crippen LogP contribution in [-0.4, -0.2) is 41.4 Å². The van der Waals surface area contributed by atoms with E-state index in [-0.39, 0.29) is 16.6 Å². The highest BCUT2D eigenvalue weighted by Crippen LogP contribution is 2.40. The van der Waals surface area contributed by atoms with Crippen LogP contribution in [0.2, 0.25) is 5.02 Å². The first-order chi connectivity index (χ1) is 13.3. The number of halogens is 4. The van der Waals surface area contributed by atoms with Gasteiger partial charge in [-0.25, -0.2) is 4.68 Å². The quantitative estimate of drug-likeness (QED) is 0.744. The maximum absolute atomic E-state index is 13.7. The lowest BCUT2D eigenvalue weighted by Gasteiger charge is -2.29. The SMILES string of the molecule is CN1CCCC(c2nn(-c3ccc(Cl)cc3C(F)(F)F)c3c2CCCCN3)C1. The zero-order valence-corrected chi connectivity index (χ0v) is 16.6. The number of nitrogens with zero attached hydrogens (tertiary/aromatic N) is 3. The maximum Gasteiger partial charge on any atom is 0.418 e. The second kappa shape index (κ2) is 7.59. The van der Waals surface area contributed by atoms with E-state index < -0.39 is 11.7 Å². The number of hydrogen-bond acceptors (Lipinski definition) is 3. The van der Waals surface area contributed by atoms with E-state index in [1.54, 1.807) is 0 Å². The molecule has 2 aromatic rings. The Morgan fingerprint density at radius 1 is 1.21 bits per heavy atom. The molecule has 0 amide bonds. The van der Waals surface area contributed by atoms with Crippen molar-refractivity contribution in [2.24, 2.45) is 0 Å². The Morgan fingerprint density at radius 2 is 2.04 bits per heavy atom. The molecule has 152 valence electrons. The zero-order valence-electron chi connectivity index (χ0n) is 15.8. The van der Waals surface area contributed by atoms with Crippen molar-refractivity contribution in [3.63, 3.8) is 0 Å². The van der Waals surface area contributed by atoms with Gasteiger partial charge in [0.15, 0.2) is 0 Å². The van der Waals surface area contributed by atoms with Crippen LogP contribution in [0.1, 0.15) is 48.4 Å². The molecule has 4 nitrogen and oxygen atoms in total. The number of benzene rings is 1. The second-order valence-corrected chi connectivity index (χ2v) is 8.21. The molecule has 8 heteroatoms. The lowest BCUT2D eigenvalue weighted by atomic mass is 9.91. The molecule has 28 heavy (non-hydrogen) atoms. The van der Waals surface area contributed by atoms with E-state index >= 15 is 0 Å². The summed E-state index contributed by atoms with van der Waals surface area (Å²) in [5, 5.41) is 8.16. The summed E-state index contributed by atoms with van der Waals surface area (Å²) in [6.45, 7) is 2.67. The molecule has 0 radical (unpaired) electrons. The lowest BCUT2D eigenvalue weighted by Crippen LogP contribution is -2.31. The summed E-state index contributed by atoms with van der Waals surface area (Å²) in [5.41, 5.74) is 1.28. The van der Waals surface area contributed by atoms with Gasteiger partial charge in [0.2, 0.25) is 0 Å². The van der Waals surface area contributed by atoms with Gasteiger partial charge in [-0.3, -0.25) is 0 Å². The van der Waals surface area contributed by atoms with Crippen molar-refractivity contribution in [2.75, 3.05) is 32.0 Å². The van der Waals surface area contributed by atoms with E-state index in [4.69, 9.17) is 16.7 Å². The van der Waals surface area contributed by atoms with E-state index in [9.17, 15) is 13.2 Å². The van der Waals surface area contributed by atoms with Crippen LogP contribution in [-0.2, 0) is 12.6 Å². The third-order valence-electron chi connectivity index (χ3n) is 5.66. The normalized spacial score (nSPS) is 21.1. The molecule has 1 fully saturated rings. The molecule has 0 aliphatic carbocycles. The van der Waals surface area contributed by atoms with Gasteiger partial charge in [0.25, 0.3) is 0 Å². The highest BCUT2D eigenvalue weighted by atomic mass is 35.5. The van der Waals surface area contributed by atoms with Crippen LogP contribution >= 0.6 is 11.6 Å². The van der Waals surface area contributed by atoms with E-state index in [0.717, 1.165) is 69.1 Å². The first-order valence-corrected chi connectivity index (χ1v) is 10.1. The Balaban J connectivity index is 1.87. The highest BCUT2D eigenvalue weighted by molar-refractivity contribution is 6.30. The molecular formula is C20H24ClF3N4. The molecule has 2 aliphatic heterocycles. The van der Waals surface area contributed by atoms with Gasteiger partial charge in [-0.05, 0) is 63.9 Å².